The minimum Gasteiger partial charge on any atom is -0.297 e. The Kier molecular flexibility index (Phi) is 2.98. The van der Waals surface area contributed by atoms with Gasteiger partial charge in [-0.2, -0.15) is 5.26 Å². The molecule has 2 nitrogen and oxygen atoms in total. The summed E-state index contributed by atoms with van der Waals surface area (Å²) in [5.74, 6) is 1.42. The molecule has 1 N–H and O–H groups in total. The van der Waals surface area contributed by atoms with Crippen LogP contribution < -0.4 is 5.32 Å². The van der Waals surface area contributed by atoms with Crippen molar-refractivity contribution in [1.82, 2.24) is 5.32 Å². The van der Waals surface area contributed by atoms with Gasteiger partial charge in [-0.05, 0) is 38.5 Å². The second kappa shape index (κ2) is 3.67. The van der Waals surface area contributed by atoms with E-state index in [1.54, 1.807) is 0 Å². The van der Waals surface area contributed by atoms with Crippen LogP contribution in [0, 0.1) is 23.2 Å². The van der Waals surface area contributed by atoms with Gasteiger partial charge in [0.15, 0.2) is 0 Å². The molecular weight excluding hydrogens is 160 g/mol. The molecule has 1 aliphatic rings. The van der Waals surface area contributed by atoms with Crippen molar-refractivity contribution in [2.24, 2.45) is 11.8 Å². The highest BCUT2D eigenvalue weighted by atomic mass is 15.0. The summed E-state index contributed by atoms with van der Waals surface area (Å²) in [6.07, 6.45) is 2.58. The van der Waals surface area contributed by atoms with E-state index in [1.807, 2.05) is 13.8 Å². The quantitative estimate of drug-likeness (QED) is 0.708. The van der Waals surface area contributed by atoms with E-state index in [0.29, 0.717) is 17.9 Å². The summed E-state index contributed by atoms with van der Waals surface area (Å²) >= 11 is 0. The lowest BCUT2D eigenvalue weighted by atomic mass is 9.96. The first-order valence-electron chi connectivity index (χ1n) is 5.15. The van der Waals surface area contributed by atoms with Gasteiger partial charge in [-0.25, -0.2) is 0 Å². The standard InChI is InChI=1S/C11H20N2/c1-8-5-6-9(2)10(8)13-11(3,4)7-12/h8-10,13H,5-6H2,1-4H3. The number of nitrogens with zero attached hydrogens (tertiary/aromatic N) is 1. The van der Waals surface area contributed by atoms with Gasteiger partial charge in [0.2, 0.25) is 0 Å². The normalized spacial score (nSPS) is 34.5. The molecule has 0 aromatic carbocycles. The van der Waals surface area contributed by atoms with E-state index < -0.39 is 0 Å². The maximum absolute atomic E-state index is 8.91. The summed E-state index contributed by atoms with van der Waals surface area (Å²) in [6, 6.07) is 2.82. The third kappa shape index (κ3) is 2.45. The molecule has 13 heavy (non-hydrogen) atoms. The van der Waals surface area contributed by atoms with Gasteiger partial charge in [0.05, 0.1) is 6.07 Å². The predicted molar refractivity (Wildman–Crippen MR) is 54.2 cm³/mol. The Bertz CT molecular complexity index is 205. The Morgan fingerprint density at radius 3 is 2.08 bits per heavy atom. The Hall–Kier alpha value is -0.550. The Morgan fingerprint density at radius 1 is 1.23 bits per heavy atom. The highest BCUT2D eigenvalue weighted by molar-refractivity contribution is 5.03. The van der Waals surface area contributed by atoms with Crippen molar-refractivity contribution in [3.63, 3.8) is 0 Å². The second-order valence-corrected chi connectivity index (χ2v) is 4.94. The van der Waals surface area contributed by atoms with Crippen molar-refractivity contribution in [1.29, 1.82) is 5.26 Å². The number of hydrogen-bond donors (Lipinski definition) is 1. The largest absolute Gasteiger partial charge is 0.297 e. The highest BCUT2D eigenvalue weighted by Gasteiger charge is 2.33. The number of nitrogens with one attached hydrogen (secondary N) is 1. The van der Waals surface area contributed by atoms with E-state index in [0.717, 1.165) is 0 Å². The van der Waals surface area contributed by atoms with Gasteiger partial charge in [0.25, 0.3) is 0 Å². The molecule has 1 aliphatic carbocycles. The van der Waals surface area contributed by atoms with E-state index in [-0.39, 0.29) is 5.54 Å². The van der Waals surface area contributed by atoms with Crippen LogP contribution in [0.15, 0.2) is 0 Å². The Labute approximate surface area is 81.3 Å². The smallest absolute Gasteiger partial charge is 0.101 e. The van der Waals surface area contributed by atoms with E-state index in [1.165, 1.54) is 12.8 Å². The molecular formula is C11H20N2. The summed E-state index contributed by atoms with van der Waals surface area (Å²) in [6.45, 7) is 8.44. The third-order valence-electron chi connectivity index (χ3n) is 3.11. The average Bonchev–Trinajstić information content (AvgIpc) is 2.36. The lowest BCUT2D eigenvalue weighted by Gasteiger charge is -2.29. The van der Waals surface area contributed by atoms with E-state index in [9.17, 15) is 0 Å². The maximum Gasteiger partial charge on any atom is 0.101 e. The van der Waals surface area contributed by atoms with Crippen LogP contribution in [-0.4, -0.2) is 11.6 Å². The fourth-order valence-corrected chi connectivity index (χ4v) is 2.18. The summed E-state index contributed by atoms with van der Waals surface area (Å²) in [7, 11) is 0. The van der Waals surface area contributed by atoms with Crippen LogP contribution in [0.2, 0.25) is 0 Å². The zero-order chi connectivity index (χ0) is 10.1. The van der Waals surface area contributed by atoms with Crippen molar-refractivity contribution in [2.75, 3.05) is 0 Å². The minimum absolute atomic E-state index is 0.377. The lowest BCUT2D eigenvalue weighted by Crippen LogP contribution is -2.48. The molecule has 0 amide bonds. The van der Waals surface area contributed by atoms with Crippen molar-refractivity contribution >= 4 is 0 Å². The van der Waals surface area contributed by atoms with Crippen LogP contribution in [-0.2, 0) is 0 Å². The fraction of sp³-hybridized carbons (Fsp3) is 0.909. The first kappa shape index (κ1) is 10.5. The lowest BCUT2D eigenvalue weighted by molar-refractivity contribution is 0.306. The molecule has 1 rings (SSSR count). The Morgan fingerprint density at radius 2 is 1.69 bits per heavy atom. The average molecular weight is 180 g/mol. The minimum atomic E-state index is -0.377. The number of nitriles is 1. The van der Waals surface area contributed by atoms with Gasteiger partial charge in [-0.15, -0.1) is 0 Å². The molecule has 1 saturated carbocycles. The van der Waals surface area contributed by atoms with Crippen molar-refractivity contribution in [2.45, 2.75) is 52.1 Å². The first-order chi connectivity index (χ1) is 5.96. The van der Waals surface area contributed by atoms with Crippen LogP contribution in [0.25, 0.3) is 0 Å². The summed E-state index contributed by atoms with van der Waals surface area (Å²) < 4.78 is 0. The van der Waals surface area contributed by atoms with Crippen LogP contribution >= 0.6 is 0 Å². The van der Waals surface area contributed by atoms with Gasteiger partial charge >= 0.3 is 0 Å². The molecule has 2 atom stereocenters. The van der Waals surface area contributed by atoms with E-state index >= 15 is 0 Å². The van der Waals surface area contributed by atoms with Crippen molar-refractivity contribution in [3.05, 3.63) is 0 Å². The molecule has 0 spiro atoms. The number of hydrogen-bond acceptors (Lipinski definition) is 2. The zero-order valence-corrected chi connectivity index (χ0v) is 9.09. The highest BCUT2D eigenvalue weighted by Crippen LogP contribution is 2.31. The molecule has 74 valence electrons. The second-order valence-electron chi connectivity index (χ2n) is 4.94. The fourth-order valence-electron chi connectivity index (χ4n) is 2.18. The number of rotatable bonds is 2. The monoisotopic (exact) mass is 180 g/mol. The van der Waals surface area contributed by atoms with Gasteiger partial charge in [-0.1, -0.05) is 13.8 Å². The molecule has 2 heteroatoms. The van der Waals surface area contributed by atoms with Gasteiger partial charge in [0.1, 0.15) is 5.54 Å². The van der Waals surface area contributed by atoms with Crippen LogP contribution in [0.5, 0.6) is 0 Å². The van der Waals surface area contributed by atoms with Gasteiger partial charge in [0, 0.05) is 6.04 Å². The summed E-state index contributed by atoms with van der Waals surface area (Å²) in [5, 5.41) is 12.4. The molecule has 0 aliphatic heterocycles. The maximum atomic E-state index is 8.91. The molecule has 0 heterocycles. The molecule has 0 saturated heterocycles. The molecule has 0 aromatic rings. The first-order valence-corrected chi connectivity index (χ1v) is 5.15. The molecule has 1 fully saturated rings. The molecule has 0 radical (unpaired) electrons. The topological polar surface area (TPSA) is 35.8 Å². The predicted octanol–water partition coefficient (Wildman–Crippen LogP) is 2.31. The third-order valence-corrected chi connectivity index (χ3v) is 3.11. The molecule has 2 unspecified atom stereocenters. The van der Waals surface area contributed by atoms with Crippen LogP contribution in [0.3, 0.4) is 0 Å². The van der Waals surface area contributed by atoms with E-state index in [2.05, 4.69) is 25.2 Å². The van der Waals surface area contributed by atoms with Gasteiger partial charge in [-0.3, -0.25) is 5.32 Å². The SMILES string of the molecule is CC1CCC(C)C1NC(C)(C)C#N. The Balaban J connectivity index is 2.58. The summed E-state index contributed by atoms with van der Waals surface area (Å²) in [4.78, 5) is 0. The van der Waals surface area contributed by atoms with Crippen molar-refractivity contribution in [3.8, 4) is 6.07 Å². The van der Waals surface area contributed by atoms with Crippen LogP contribution in [0.4, 0.5) is 0 Å². The zero-order valence-electron chi connectivity index (χ0n) is 9.09. The van der Waals surface area contributed by atoms with Crippen LogP contribution in [0.1, 0.15) is 40.5 Å². The molecule has 0 aromatic heterocycles. The van der Waals surface area contributed by atoms with Crippen molar-refractivity contribution < 1.29 is 0 Å². The van der Waals surface area contributed by atoms with Gasteiger partial charge < -0.3 is 0 Å². The summed E-state index contributed by atoms with van der Waals surface area (Å²) in [5.41, 5.74) is -0.377. The van der Waals surface area contributed by atoms with E-state index in [4.69, 9.17) is 5.26 Å². The molecule has 0 bridgehead atoms.